The van der Waals surface area contributed by atoms with Crippen LogP contribution in [0.5, 0.6) is 0 Å². The topological polar surface area (TPSA) is 317 Å². The summed E-state index contributed by atoms with van der Waals surface area (Å²) in [4.78, 5) is 98.3. The Labute approximate surface area is 503 Å². The molecule has 0 aromatic heterocycles. The van der Waals surface area contributed by atoms with Crippen molar-refractivity contribution in [2.24, 2.45) is 35.1 Å². The number of amides is 1. The molecule has 8 N–H and O–H groups in total. The second kappa shape index (κ2) is 51.3. The first-order valence-electron chi connectivity index (χ1n) is 30.0. The molecule has 0 bridgehead atoms. The molecule has 5 fully saturated rings. The summed E-state index contributed by atoms with van der Waals surface area (Å²) >= 11 is 0. The van der Waals surface area contributed by atoms with Crippen LogP contribution in [0, 0.1) is 23.7 Å². The van der Waals surface area contributed by atoms with Crippen LogP contribution in [0.4, 0.5) is 0 Å². The van der Waals surface area contributed by atoms with Crippen molar-refractivity contribution < 1.29 is 76.7 Å². The largest absolute Gasteiger partial charge is 0.481 e. The number of carboxylic acids is 1. The third-order valence-electron chi connectivity index (χ3n) is 13.3. The van der Waals surface area contributed by atoms with E-state index in [1.165, 1.54) is 6.92 Å². The van der Waals surface area contributed by atoms with Gasteiger partial charge in [-0.3, -0.25) is 43.2 Å². The van der Waals surface area contributed by atoms with Crippen molar-refractivity contribution in [3.8, 4) is 0 Å². The molecule has 0 aromatic carbocycles. The minimum atomic E-state index is -0.682. The molecule has 1 unspecified atom stereocenters. The Morgan fingerprint density at radius 2 is 1.02 bits per heavy atom. The van der Waals surface area contributed by atoms with Crippen molar-refractivity contribution in [2.75, 3.05) is 79.3 Å². The van der Waals surface area contributed by atoms with Gasteiger partial charge in [0.25, 0.3) is 0 Å². The van der Waals surface area contributed by atoms with Crippen LogP contribution < -0.4 is 27.4 Å². The van der Waals surface area contributed by atoms with Gasteiger partial charge in [0, 0.05) is 99.8 Å². The summed E-state index contributed by atoms with van der Waals surface area (Å²) in [5, 5.41) is 17.8. The Hall–Kier alpha value is -3.90. The molecule has 83 heavy (non-hydrogen) atoms. The molecule has 6 rings (SSSR count). The minimum absolute atomic E-state index is 0. The molecule has 6 aliphatic rings. The third kappa shape index (κ3) is 44.3. The number of carbonyl (C=O) groups excluding carboxylic acids is 8. The lowest BCUT2D eigenvalue weighted by atomic mass is 9.92. The first kappa shape index (κ1) is 83.3. The highest BCUT2D eigenvalue weighted by Gasteiger charge is 2.31. The van der Waals surface area contributed by atoms with Crippen molar-refractivity contribution in [1.29, 1.82) is 0 Å². The van der Waals surface area contributed by atoms with E-state index in [0.717, 1.165) is 82.1 Å². The number of nitrogens with two attached hydrogens (primary N) is 2. The van der Waals surface area contributed by atoms with Crippen molar-refractivity contribution in [2.45, 2.75) is 223 Å². The molecule has 6 aliphatic heterocycles. The smallest absolute Gasteiger partial charge is 0.303 e. The van der Waals surface area contributed by atoms with Crippen LogP contribution in [0.15, 0.2) is 11.3 Å². The van der Waals surface area contributed by atoms with Gasteiger partial charge in [0.05, 0.1) is 83.1 Å². The SMILES string of the molecule is CC(=O)C1=C(NC(C)C)CCOC1.CC(=O)C1COCCC1=O.CC(=O)[C@H]1COCC[C@H]1N.CC(=O)[C@H]1COCC[C@H]1NC(C)C.CC(C)N.CCCCCC(=O)N[C@@H]1CCOC[C@@H]1C(C)=O.CCCCCC(=O)O.Cl.O=C1CCOCC1. The molecule has 7 atom stereocenters. The van der Waals surface area contributed by atoms with Crippen LogP contribution in [-0.4, -0.2) is 173 Å². The number of unbranched alkanes of at least 4 members (excludes halogenated alkanes) is 4. The van der Waals surface area contributed by atoms with Gasteiger partial charge in [0.2, 0.25) is 5.91 Å². The Morgan fingerprint density at radius 3 is 1.42 bits per heavy atom. The van der Waals surface area contributed by atoms with Gasteiger partial charge in [0.15, 0.2) is 5.78 Å². The Bertz CT molecular complexity index is 1870. The van der Waals surface area contributed by atoms with Crippen molar-refractivity contribution in [3.63, 3.8) is 0 Å². The van der Waals surface area contributed by atoms with Gasteiger partial charge >= 0.3 is 5.97 Å². The van der Waals surface area contributed by atoms with Gasteiger partial charge in [-0.2, -0.15) is 0 Å². The lowest BCUT2D eigenvalue weighted by molar-refractivity contribution is -0.139. The summed E-state index contributed by atoms with van der Waals surface area (Å²) in [6.07, 6.45) is 11.9. The number of nitrogens with one attached hydrogen (secondary N) is 3. The molecule has 22 heteroatoms. The standard InChI is InChI=1S/C13H23NO3.C10H19NO2.C10H17NO2.C7H13NO2.C7H10O3.C6H12O2.C5H8O2.C3H9N.ClH/c1-3-4-5-6-13(16)14-12-7-8-17-9-11(12)10(2)15;2*1-7(2)11-10-4-5-13-6-9(10)8(3)12;1-5(9)6-4-10-3-2-7(6)8;1-5(8)6-4-10-3-2-7(6)9;1-2-3-4-5-6(7)8;6-5-1-3-7-4-2-5;1-3(2)4;/h11-12H,3-9H2,1-2H3,(H,14,16);7,9-11H,4-6H2,1-3H3;7,11H,4-6H2,1-3H3;6-7H,2-4,8H2,1H3;6H,2-4H2,1H3;2-5H2,1H3,(H,7,8);1-4H2;3H,4H2,1-2H3;1H/t11-,12-;9-,10-;;6-,7-;;;;;/m11.1...../s1. The highest BCUT2D eigenvalue weighted by molar-refractivity contribution is 6.01. The van der Waals surface area contributed by atoms with E-state index in [0.29, 0.717) is 128 Å². The number of ketones is 7. The number of hydrogen-bond acceptors (Lipinski definition) is 19. The van der Waals surface area contributed by atoms with Crippen LogP contribution in [0.25, 0.3) is 0 Å². The first-order valence-corrected chi connectivity index (χ1v) is 30.0. The molecule has 5 saturated heterocycles. The molecular formula is C61H112ClN5O16. The summed E-state index contributed by atoms with van der Waals surface area (Å²) in [6, 6.07) is 1.44. The maximum atomic E-state index is 11.7. The minimum Gasteiger partial charge on any atom is -0.481 e. The molecule has 484 valence electrons. The second-order valence-electron chi connectivity index (χ2n) is 22.3. The van der Waals surface area contributed by atoms with Gasteiger partial charge in [-0.15, -0.1) is 12.4 Å². The predicted octanol–water partition coefficient (Wildman–Crippen LogP) is 6.82. The van der Waals surface area contributed by atoms with Gasteiger partial charge in [-0.05, 0) is 86.6 Å². The van der Waals surface area contributed by atoms with E-state index in [2.05, 4.69) is 57.5 Å². The lowest BCUT2D eigenvalue weighted by Crippen LogP contribution is -2.48. The molecule has 6 heterocycles. The van der Waals surface area contributed by atoms with E-state index < -0.39 is 11.9 Å². The summed E-state index contributed by atoms with van der Waals surface area (Å²) in [5.41, 5.74) is 12.7. The fraction of sp³-hybridized carbons (Fsp3) is 0.820. The zero-order chi connectivity index (χ0) is 62.6. The van der Waals surface area contributed by atoms with E-state index in [1.807, 2.05) is 13.8 Å². The van der Waals surface area contributed by atoms with E-state index in [-0.39, 0.29) is 89.5 Å². The maximum absolute atomic E-state index is 11.7. The van der Waals surface area contributed by atoms with E-state index in [1.54, 1.807) is 27.7 Å². The number of carboxylic acid groups (broad SMARTS) is 1. The number of carbonyl (C=O) groups is 9. The van der Waals surface area contributed by atoms with Crippen molar-refractivity contribution >= 4 is 64.8 Å². The number of hydrogen-bond donors (Lipinski definition) is 6. The number of aliphatic carboxylic acids is 1. The molecule has 0 spiro atoms. The summed E-state index contributed by atoms with van der Waals surface area (Å²) in [7, 11) is 0. The van der Waals surface area contributed by atoms with Gasteiger partial charge < -0.3 is 60.9 Å². The maximum Gasteiger partial charge on any atom is 0.303 e. The molecule has 0 saturated carbocycles. The van der Waals surface area contributed by atoms with E-state index in [4.69, 9.17) is 45.0 Å². The summed E-state index contributed by atoms with van der Waals surface area (Å²) < 4.78 is 30.8. The number of ether oxygens (including phenoxy) is 6. The molecule has 0 aromatic rings. The molecular weight excluding hydrogens is 1090 g/mol. The summed E-state index contributed by atoms with van der Waals surface area (Å²) in [6.45, 7) is 31.1. The third-order valence-corrected chi connectivity index (χ3v) is 13.3. The molecule has 1 amide bonds. The monoisotopic (exact) mass is 1210 g/mol. The van der Waals surface area contributed by atoms with Crippen molar-refractivity contribution in [1.82, 2.24) is 16.0 Å². The lowest BCUT2D eigenvalue weighted by Gasteiger charge is -2.32. The zero-order valence-corrected chi connectivity index (χ0v) is 53.8. The van der Waals surface area contributed by atoms with Gasteiger partial charge in [-0.1, -0.05) is 67.2 Å². The average Bonchev–Trinajstić information content (AvgIpc) is 3.41. The van der Waals surface area contributed by atoms with Crippen LogP contribution in [0.1, 0.15) is 186 Å². The Kier molecular flexibility index (Phi) is 51.5. The second-order valence-corrected chi connectivity index (χ2v) is 22.3. The van der Waals surface area contributed by atoms with Crippen LogP contribution in [0.3, 0.4) is 0 Å². The molecule has 0 aliphatic carbocycles. The van der Waals surface area contributed by atoms with Crippen LogP contribution >= 0.6 is 12.4 Å². The fourth-order valence-electron chi connectivity index (χ4n) is 8.58. The number of halogens is 1. The normalized spacial score (nSPS) is 22.8. The number of Topliss-reactive ketones (excluding diaryl/α,β-unsaturated/α-hetero) is 7. The van der Waals surface area contributed by atoms with Crippen LogP contribution in [0.2, 0.25) is 0 Å². The van der Waals surface area contributed by atoms with Crippen molar-refractivity contribution in [3.05, 3.63) is 11.3 Å². The molecule has 21 nitrogen and oxygen atoms in total. The highest BCUT2D eigenvalue weighted by Crippen LogP contribution is 2.19. The highest BCUT2D eigenvalue weighted by atomic mass is 35.5. The van der Waals surface area contributed by atoms with E-state index in [9.17, 15) is 43.2 Å². The first-order chi connectivity index (χ1) is 38.7. The predicted molar refractivity (Wildman–Crippen MR) is 324 cm³/mol. The van der Waals surface area contributed by atoms with Crippen LogP contribution in [-0.2, 0) is 71.6 Å². The van der Waals surface area contributed by atoms with Gasteiger partial charge in [-0.25, -0.2) is 0 Å². The zero-order valence-electron chi connectivity index (χ0n) is 53.0. The van der Waals surface area contributed by atoms with E-state index >= 15 is 0 Å². The Morgan fingerprint density at radius 1 is 0.566 bits per heavy atom. The Balaban J connectivity index is -0.000000901. The quantitative estimate of drug-likeness (QED) is 0.0606. The number of rotatable bonds is 18. The van der Waals surface area contributed by atoms with Gasteiger partial charge in [0.1, 0.15) is 34.7 Å². The fourth-order valence-corrected chi connectivity index (χ4v) is 8.58. The summed E-state index contributed by atoms with van der Waals surface area (Å²) in [5.74, 6) is -0.390. The average molecular weight is 1210 g/mol. The molecule has 0 radical (unpaired) electrons.